The Kier molecular flexibility index (Phi) is 6.35. The van der Waals surface area contributed by atoms with Crippen LogP contribution in [-0.4, -0.2) is 42.4 Å². The number of ether oxygens (including phenoxy) is 1. The molecule has 1 aromatic heterocycles. The van der Waals surface area contributed by atoms with Crippen molar-refractivity contribution in [2.24, 2.45) is 0 Å². The zero-order valence-corrected chi connectivity index (χ0v) is 17.1. The second kappa shape index (κ2) is 9.50. The summed E-state index contributed by atoms with van der Waals surface area (Å²) in [6.07, 6.45) is 0.740. The molecule has 1 amide bonds. The second-order valence-electron chi connectivity index (χ2n) is 7.32. The summed E-state index contributed by atoms with van der Waals surface area (Å²) in [6, 6.07) is 21.6. The number of anilines is 2. The first kappa shape index (κ1) is 20.0. The summed E-state index contributed by atoms with van der Waals surface area (Å²) in [5.74, 6) is 0.678. The summed E-state index contributed by atoms with van der Waals surface area (Å²) in [5.41, 5.74) is 3.48. The van der Waals surface area contributed by atoms with Gasteiger partial charge in [0.25, 0.3) is 0 Å². The Morgan fingerprint density at radius 2 is 1.83 bits per heavy atom. The topological polar surface area (TPSA) is 67.4 Å². The van der Waals surface area contributed by atoms with Crippen molar-refractivity contribution in [3.8, 4) is 11.3 Å². The van der Waals surface area contributed by atoms with Gasteiger partial charge in [0.2, 0.25) is 5.91 Å². The fourth-order valence-corrected chi connectivity index (χ4v) is 3.68. The Morgan fingerprint density at radius 3 is 2.53 bits per heavy atom. The molecule has 0 saturated carbocycles. The van der Waals surface area contributed by atoms with Crippen molar-refractivity contribution < 1.29 is 9.53 Å². The van der Waals surface area contributed by atoms with Gasteiger partial charge in [0.05, 0.1) is 24.8 Å². The van der Waals surface area contributed by atoms with Crippen molar-refractivity contribution in [2.45, 2.75) is 19.3 Å². The van der Waals surface area contributed by atoms with Gasteiger partial charge in [-0.15, -0.1) is 10.2 Å². The molecule has 2 heterocycles. The summed E-state index contributed by atoms with van der Waals surface area (Å²) >= 11 is 0. The summed E-state index contributed by atoms with van der Waals surface area (Å²) in [5, 5.41) is 11.8. The van der Waals surface area contributed by atoms with Gasteiger partial charge >= 0.3 is 0 Å². The van der Waals surface area contributed by atoms with Crippen LogP contribution in [0, 0.1) is 0 Å². The summed E-state index contributed by atoms with van der Waals surface area (Å²) < 4.78 is 5.39. The normalized spacial score (nSPS) is 14.9. The Bertz CT molecular complexity index is 970. The lowest BCUT2D eigenvalue weighted by Crippen LogP contribution is -2.36. The van der Waals surface area contributed by atoms with Crippen LogP contribution in [0.1, 0.15) is 24.8 Å². The first-order valence-electron chi connectivity index (χ1n) is 10.4. The van der Waals surface area contributed by atoms with E-state index < -0.39 is 0 Å². The van der Waals surface area contributed by atoms with E-state index >= 15 is 0 Å². The minimum absolute atomic E-state index is 0.00500. The van der Waals surface area contributed by atoms with Crippen molar-refractivity contribution in [3.63, 3.8) is 0 Å². The van der Waals surface area contributed by atoms with Crippen molar-refractivity contribution in [1.29, 1.82) is 0 Å². The number of carbonyl (C=O) groups is 1. The zero-order valence-electron chi connectivity index (χ0n) is 17.1. The Balaban J connectivity index is 1.47. The molecule has 0 unspecified atom stereocenters. The second-order valence-corrected chi connectivity index (χ2v) is 7.32. The van der Waals surface area contributed by atoms with Gasteiger partial charge in [-0.25, -0.2) is 0 Å². The van der Waals surface area contributed by atoms with Gasteiger partial charge < -0.3 is 15.0 Å². The lowest BCUT2D eigenvalue weighted by molar-refractivity contribution is -0.117. The summed E-state index contributed by atoms with van der Waals surface area (Å²) in [4.78, 5) is 15.0. The molecule has 1 aliphatic rings. The number of nitrogens with zero attached hydrogens (tertiary/aromatic N) is 3. The SMILES string of the molecule is CC[C@H](C(=O)Nc1cccc(-c2ccc(N3CCOCC3)nn2)c1)c1ccccc1. The highest BCUT2D eigenvalue weighted by molar-refractivity contribution is 5.96. The zero-order chi connectivity index (χ0) is 20.8. The van der Waals surface area contributed by atoms with Gasteiger partial charge in [0.1, 0.15) is 0 Å². The fraction of sp³-hybridized carbons (Fsp3) is 0.292. The molecular weight excluding hydrogens is 376 g/mol. The van der Waals surface area contributed by atoms with Crippen LogP contribution in [0.2, 0.25) is 0 Å². The number of hydrogen-bond donors (Lipinski definition) is 1. The number of rotatable bonds is 6. The first-order chi connectivity index (χ1) is 14.7. The highest BCUT2D eigenvalue weighted by atomic mass is 16.5. The van der Waals surface area contributed by atoms with Crippen LogP contribution in [0.3, 0.4) is 0 Å². The van der Waals surface area contributed by atoms with Crippen molar-refractivity contribution in [3.05, 3.63) is 72.3 Å². The van der Waals surface area contributed by atoms with E-state index in [1.807, 2.05) is 73.7 Å². The van der Waals surface area contributed by atoms with E-state index in [2.05, 4.69) is 20.4 Å². The number of benzene rings is 2. The quantitative estimate of drug-likeness (QED) is 0.672. The molecule has 1 N–H and O–H groups in total. The van der Waals surface area contributed by atoms with E-state index in [1.54, 1.807) is 0 Å². The van der Waals surface area contributed by atoms with Gasteiger partial charge in [-0.05, 0) is 36.2 Å². The third-order valence-corrected chi connectivity index (χ3v) is 5.34. The van der Waals surface area contributed by atoms with Gasteiger partial charge in [0.15, 0.2) is 5.82 Å². The van der Waals surface area contributed by atoms with Crippen molar-refractivity contribution in [2.75, 3.05) is 36.5 Å². The first-order valence-corrected chi connectivity index (χ1v) is 10.4. The molecular formula is C24H26N4O2. The highest BCUT2D eigenvalue weighted by Gasteiger charge is 2.19. The largest absolute Gasteiger partial charge is 0.378 e. The summed E-state index contributed by atoms with van der Waals surface area (Å²) in [7, 11) is 0. The fourth-order valence-electron chi connectivity index (χ4n) is 3.68. The van der Waals surface area contributed by atoms with Gasteiger partial charge in [-0.3, -0.25) is 4.79 Å². The Labute approximate surface area is 176 Å². The van der Waals surface area contributed by atoms with Crippen molar-refractivity contribution >= 4 is 17.4 Å². The molecule has 1 fully saturated rings. The minimum atomic E-state index is -0.178. The predicted molar refractivity (Wildman–Crippen MR) is 119 cm³/mol. The molecule has 6 nitrogen and oxygen atoms in total. The lowest BCUT2D eigenvalue weighted by Gasteiger charge is -2.27. The van der Waals surface area contributed by atoms with E-state index in [1.165, 1.54) is 0 Å². The Morgan fingerprint density at radius 1 is 1.03 bits per heavy atom. The van der Waals surface area contributed by atoms with Crippen LogP contribution in [0.15, 0.2) is 66.7 Å². The predicted octanol–water partition coefficient (Wildman–Crippen LogP) is 4.11. The van der Waals surface area contributed by atoms with Gasteiger partial charge in [-0.1, -0.05) is 49.4 Å². The lowest BCUT2D eigenvalue weighted by atomic mass is 9.95. The van der Waals surface area contributed by atoms with Crippen LogP contribution in [0.25, 0.3) is 11.3 Å². The average Bonchev–Trinajstić information content (AvgIpc) is 2.81. The standard InChI is InChI=1S/C24H26N4O2/c1-2-21(18-7-4-3-5-8-18)24(29)25-20-10-6-9-19(17-20)22-11-12-23(27-26-22)28-13-15-30-16-14-28/h3-12,17,21H,2,13-16H2,1H3,(H,25,29)/t21-/m0/s1. The maximum atomic E-state index is 12.9. The van der Waals surface area contributed by atoms with E-state index in [-0.39, 0.29) is 11.8 Å². The molecule has 0 bridgehead atoms. The third kappa shape index (κ3) is 4.66. The van der Waals surface area contributed by atoms with E-state index in [9.17, 15) is 4.79 Å². The molecule has 2 aromatic carbocycles. The van der Waals surface area contributed by atoms with Crippen LogP contribution >= 0.6 is 0 Å². The molecule has 0 radical (unpaired) electrons. The number of nitrogens with one attached hydrogen (secondary N) is 1. The Hall–Kier alpha value is -3.25. The van der Waals surface area contributed by atoms with E-state index in [0.717, 1.165) is 47.8 Å². The maximum absolute atomic E-state index is 12.9. The summed E-state index contributed by atoms with van der Waals surface area (Å²) in [6.45, 7) is 5.12. The third-order valence-electron chi connectivity index (χ3n) is 5.34. The molecule has 0 spiro atoms. The van der Waals surface area contributed by atoms with Gasteiger partial charge in [0, 0.05) is 24.3 Å². The van der Waals surface area contributed by atoms with E-state index in [4.69, 9.17) is 4.74 Å². The van der Waals surface area contributed by atoms with E-state index in [0.29, 0.717) is 13.2 Å². The number of amides is 1. The molecule has 0 aliphatic carbocycles. The maximum Gasteiger partial charge on any atom is 0.231 e. The molecule has 4 rings (SSSR count). The smallest absolute Gasteiger partial charge is 0.231 e. The molecule has 154 valence electrons. The average molecular weight is 402 g/mol. The van der Waals surface area contributed by atoms with Crippen molar-refractivity contribution in [1.82, 2.24) is 10.2 Å². The molecule has 3 aromatic rings. The molecule has 6 heteroatoms. The van der Waals surface area contributed by atoms with Gasteiger partial charge in [-0.2, -0.15) is 0 Å². The van der Waals surface area contributed by atoms with Crippen LogP contribution in [0.5, 0.6) is 0 Å². The van der Waals surface area contributed by atoms with Crippen LogP contribution < -0.4 is 10.2 Å². The number of hydrogen-bond acceptors (Lipinski definition) is 5. The van der Waals surface area contributed by atoms with Crippen LogP contribution in [-0.2, 0) is 9.53 Å². The highest BCUT2D eigenvalue weighted by Crippen LogP contribution is 2.25. The number of morpholine rings is 1. The molecule has 1 atom stereocenters. The monoisotopic (exact) mass is 402 g/mol. The molecule has 1 aliphatic heterocycles. The number of aromatic nitrogens is 2. The minimum Gasteiger partial charge on any atom is -0.378 e. The number of carbonyl (C=O) groups excluding carboxylic acids is 1. The van der Waals surface area contributed by atoms with Crippen LogP contribution in [0.4, 0.5) is 11.5 Å². The molecule has 1 saturated heterocycles. The molecule has 30 heavy (non-hydrogen) atoms.